The Balaban J connectivity index is 0.000000159. The number of nitrogens with zero attached hydrogens (tertiary/aromatic N) is 19. The molecule has 27 nitrogen and oxygen atoms in total. The largest absolute Gasteiger partial charge is 0.355 e. The zero-order chi connectivity index (χ0) is 95.6. The molecular formula is C99H108Cl3F2N19O8S. The van der Waals surface area contributed by atoms with E-state index in [0.29, 0.717) is 124 Å². The molecule has 688 valence electrons. The summed E-state index contributed by atoms with van der Waals surface area (Å²) < 4.78 is 60.1. The number of sulfone groups is 1. The fourth-order valence-electron chi connectivity index (χ4n) is 18.0. The molecule has 4 aliphatic rings. The van der Waals surface area contributed by atoms with Gasteiger partial charge in [0.15, 0.2) is 26.8 Å². The molecule has 3 aliphatic heterocycles. The van der Waals surface area contributed by atoms with Crippen LogP contribution in [-0.4, -0.2) is 186 Å². The Bertz CT molecular complexity index is 6960. The van der Waals surface area contributed by atoms with E-state index in [0.717, 1.165) is 53.0 Å². The highest BCUT2D eigenvalue weighted by Crippen LogP contribution is 2.45. The van der Waals surface area contributed by atoms with Gasteiger partial charge in [-0.2, -0.15) is 15.0 Å². The normalized spacial score (nSPS) is 17.8. The van der Waals surface area contributed by atoms with E-state index in [9.17, 15) is 41.6 Å². The third kappa shape index (κ3) is 18.6. The molecule has 132 heavy (non-hydrogen) atoms. The predicted octanol–water partition coefficient (Wildman–Crippen LogP) is 17.7. The number of aryl methyl sites for hydroxylation is 3. The van der Waals surface area contributed by atoms with Crippen molar-refractivity contribution in [1.29, 1.82) is 0 Å². The maximum absolute atomic E-state index is 15.1. The monoisotopic (exact) mass is 1870 g/mol. The Labute approximate surface area is 781 Å². The van der Waals surface area contributed by atoms with Gasteiger partial charge < -0.3 is 29.4 Å². The second-order valence-corrected chi connectivity index (χ2v) is 39.1. The van der Waals surface area contributed by atoms with Gasteiger partial charge >= 0.3 is 17.1 Å². The van der Waals surface area contributed by atoms with Gasteiger partial charge in [0.05, 0.1) is 93.0 Å². The van der Waals surface area contributed by atoms with E-state index in [4.69, 9.17) is 59.7 Å². The van der Waals surface area contributed by atoms with Crippen molar-refractivity contribution in [2.45, 2.75) is 201 Å². The highest BCUT2D eigenvalue weighted by Gasteiger charge is 2.40. The maximum atomic E-state index is 15.1. The van der Waals surface area contributed by atoms with Crippen molar-refractivity contribution < 1.29 is 31.6 Å². The molecule has 33 heteroatoms. The van der Waals surface area contributed by atoms with Gasteiger partial charge in [0, 0.05) is 116 Å². The molecule has 16 rings (SSSR count). The van der Waals surface area contributed by atoms with Gasteiger partial charge in [-0.05, 0) is 189 Å². The Morgan fingerprint density at radius 3 is 1.09 bits per heavy atom. The second-order valence-electron chi connectivity index (χ2n) is 35.9. The Morgan fingerprint density at radius 2 is 0.750 bits per heavy atom. The van der Waals surface area contributed by atoms with Crippen molar-refractivity contribution >= 4 is 113 Å². The molecule has 3 aromatic carbocycles. The van der Waals surface area contributed by atoms with Crippen molar-refractivity contribution in [3.05, 3.63) is 251 Å². The predicted molar refractivity (Wildman–Crippen MR) is 518 cm³/mol. The van der Waals surface area contributed by atoms with Gasteiger partial charge in [-0.25, -0.2) is 70.2 Å². The smallest absolute Gasteiger partial charge is 0.349 e. The Hall–Kier alpha value is -12.4. The lowest BCUT2D eigenvalue weighted by atomic mass is 10.0. The van der Waals surface area contributed by atoms with Crippen molar-refractivity contribution in [1.82, 2.24) is 78.2 Å². The molecule has 0 spiro atoms. The highest BCUT2D eigenvalue weighted by molar-refractivity contribution is 7.90. The summed E-state index contributed by atoms with van der Waals surface area (Å²) in [6.45, 7) is 47.0. The van der Waals surface area contributed by atoms with E-state index in [2.05, 4.69) is 64.6 Å². The molecule has 6 atom stereocenters. The molecule has 3 saturated heterocycles. The number of fused-ring (bicyclic) bond motifs is 3. The van der Waals surface area contributed by atoms with Crippen molar-refractivity contribution in [2.24, 2.45) is 0 Å². The zero-order valence-electron chi connectivity index (χ0n) is 77.3. The van der Waals surface area contributed by atoms with Crippen LogP contribution in [0.15, 0.2) is 167 Å². The van der Waals surface area contributed by atoms with E-state index in [1.807, 2.05) is 125 Å². The van der Waals surface area contributed by atoms with E-state index >= 15 is 4.39 Å². The summed E-state index contributed by atoms with van der Waals surface area (Å²) >= 11 is 20.6. The number of benzene rings is 3. The third-order valence-electron chi connectivity index (χ3n) is 24.7. The van der Waals surface area contributed by atoms with Crippen molar-refractivity contribution in [3.8, 4) is 50.8 Å². The van der Waals surface area contributed by atoms with Crippen molar-refractivity contribution in [2.75, 3.05) is 60.2 Å². The topological polar surface area (TPSA) is 300 Å². The molecule has 3 amide bonds. The first-order chi connectivity index (χ1) is 62.6. The van der Waals surface area contributed by atoms with Gasteiger partial charge in [0.1, 0.15) is 35.4 Å². The van der Waals surface area contributed by atoms with Crippen LogP contribution >= 0.6 is 34.8 Å². The molecule has 6 unspecified atom stereocenters. The number of rotatable bonds is 18. The summed E-state index contributed by atoms with van der Waals surface area (Å²) in [5.41, 5.74) is 8.76. The number of hydrogen-bond acceptors (Lipinski definition) is 21. The first kappa shape index (κ1) is 95.7. The summed E-state index contributed by atoms with van der Waals surface area (Å²) in [6, 6.07) is 27.1. The van der Waals surface area contributed by atoms with E-state index < -0.39 is 38.5 Å². The number of anilines is 3. The number of pyridine rings is 5. The minimum absolute atomic E-state index is 0.00471. The van der Waals surface area contributed by atoms with Crippen molar-refractivity contribution in [3.63, 3.8) is 0 Å². The summed E-state index contributed by atoms with van der Waals surface area (Å²) in [5.74, 6) is 0.0904. The summed E-state index contributed by atoms with van der Waals surface area (Å²) in [4.78, 5) is 139. The van der Waals surface area contributed by atoms with Gasteiger partial charge in [0.2, 0.25) is 17.7 Å². The minimum Gasteiger partial charge on any atom is -0.349 e. The molecule has 0 N–H and O–H groups in total. The van der Waals surface area contributed by atoms with Crippen LogP contribution in [0.25, 0.3) is 83.9 Å². The van der Waals surface area contributed by atoms with Crippen LogP contribution in [0, 0.1) is 32.4 Å². The number of hydrogen-bond donors (Lipinski definition) is 0. The molecule has 9 aromatic heterocycles. The molecular weight excluding hydrogens is 1760 g/mol. The van der Waals surface area contributed by atoms with E-state index in [-0.39, 0.29) is 131 Å². The minimum atomic E-state index is -3.66. The Kier molecular flexibility index (Phi) is 27.9. The van der Waals surface area contributed by atoms with Crippen LogP contribution in [0.4, 0.5) is 26.2 Å². The maximum Gasteiger partial charge on any atom is 0.355 e. The molecule has 1 saturated carbocycles. The molecule has 1 aliphatic carbocycles. The average molecular weight is 1870 g/mol. The number of carbonyl (C=O) groups is 3. The molecule has 4 fully saturated rings. The van der Waals surface area contributed by atoms with Gasteiger partial charge in [-0.15, -0.1) is 0 Å². The second kappa shape index (κ2) is 38.4. The fraction of sp³-hybridized carbons (Fsp3) is 0.374. The summed E-state index contributed by atoms with van der Waals surface area (Å²) in [7, 11) is -3.66. The SMILES string of the molecule is C=CC(=O)N1CC(C)N(c2nc(=O)n(-c3c(C(C)C)ncnc3C(C)C)c3nc(-c4ccccc4S(C)(=O)=O)c(Cl)cc23)CC1C.C=CC(=O)N1CC(C)N(c2nc(=O)n(-c3c(C)cc(C)nc3C(C)C)c3nc(-c4ccccc4F)c(Cl)cc23)CC1C.C=CC(=O)N1CC(C)N(c2nc(=O)n(-c3c(C)cc(C4CC4)nc3C(C)C)c3nc(-c4ccccc4F)c(Cl)cc23)CC1C. The van der Waals surface area contributed by atoms with Crippen LogP contribution in [0.5, 0.6) is 0 Å². The molecule has 12 heterocycles. The van der Waals surface area contributed by atoms with E-state index in [1.165, 1.54) is 56.5 Å². The van der Waals surface area contributed by atoms with Crippen LogP contribution in [-0.2, 0) is 24.2 Å². The third-order valence-corrected chi connectivity index (χ3v) is 26.7. The quantitative estimate of drug-likeness (QED) is 0.0721. The van der Waals surface area contributed by atoms with Gasteiger partial charge in [-0.3, -0.25) is 24.4 Å². The van der Waals surface area contributed by atoms with E-state index in [1.54, 1.807) is 87.5 Å². The standard InChI is InChI=1S/C34H36ClFN6O2.C33H38ClN7O4S.C32H34ClFN6O2/c1-7-28(43)40-16-21(6)41(17-20(40)5)32-24-15-25(35)30(23-10-8-9-11-26(23)36)38-33(24)42(34(44)39-32)31-19(4)14-27(22-12-13-22)37-29(31)18(2)3;1-9-26(42)39-15-21(7)40(16-20(39)6)31-23-14-24(34)29(22-12-10-11-13-25(22)46(8,44)45)37-32(23)41(33(43)38-31)30-27(18(2)3)35-17-36-28(30)19(4)5;1-8-26(41)38-15-21(7)39(16-20(38)6)30-23-14-24(33)28(22-11-9-10-12-25(22)34)36-31(23)40(32(42)37-30)29-18(4)13-19(5)35-27(29)17(2)3/h7-11,14-15,18,20-22H,1,12-13,16-17H2,2-6H3;9-14,17-21H,1,15-16H2,2-8H3;8-14,17,20-21H,1,15-16H2,2-7H3. The van der Waals surface area contributed by atoms with Gasteiger partial charge in [-0.1, -0.05) is 152 Å². The zero-order valence-corrected chi connectivity index (χ0v) is 80.4. The molecule has 0 bridgehead atoms. The number of halogens is 5. The fourth-order valence-corrected chi connectivity index (χ4v) is 19.7. The molecule has 0 radical (unpaired) electrons. The summed E-state index contributed by atoms with van der Waals surface area (Å²) in [6.07, 6.45) is 8.77. The number of amides is 3. The number of aromatic nitrogens is 13. The van der Waals surface area contributed by atoms with Crippen LogP contribution < -0.4 is 31.8 Å². The van der Waals surface area contributed by atoms with Crippen LogP contribution in [0.3, 0.4) is 0 Å². The summed E-state index contributed by atoms with van der Waals surface area (Å²) in [5, 5.41) is 2.23. The first-order valence-corrected chi connectivity index (χ1v) is 47.2. The first-order valence-electron chi connectivity index (χ1n) is 44.2. The van der Waals surface area contributed by atoms with Crippen LogP contribution in [0.1, 0.15) is 185 Å². The average Bonchev–Trinajstić information content (AvgIpc) is 1.03. The highest BCUT2D eigenvalue weighted by atomic mass is 35.5. The lowest BCUT2D eigenvalue weighted by Gasteiger charge is -2.44. The van der Waals surface area contributed by atoms with Crippen LogP contribution in [0.2, 0.25) is 15.1 Å². The lowest BCUT2D eigenvalue weighted by molar-refractivity contribution is -0.129. The molecule has 12 aromatic rings. The number of piperazine rings is 3. The Morgan fingerprint density at radius 1 is 0.424 bits per heavy atom. The lowest BCUT2D eigenvalue weighted by Crippen LogP contribution is -2.58. The number of carbonyl (C=O) groups excluding carboxylic acids is 3. The van der Waals surface area contributed by atoms with Gasteiger partial charge in [0.25, 0.3) is 0 Å².